The molecule has 0 atom stereocenters. The van der Waals surface area contributed by atoms with Gasteiger partial charge in [0.1, 0.15) is 0 Å². The molecule has 0 saturated heterocycles. The highest BCUT2D eigenvalue weighted by Gasteiger charge is 2.06. The van der Waals surface area contributed by atoms with E-state index in [1.165, 1.54) is 12.1 Å². The summed E-state index contributed by atoms with van der Waals surface area (Å²) in [4.78, 5) is 0.182. The zero-order chi connectivity index (χ0) is 9.19. The molecule has 1 aromatic carbocycles. The van der Waals surface area contributed by atoms with Crippen molar-refractivity contribution in [2.45, 2.75) is 4.90 Å². The van der Waals surface area contributed by atoms with E-state index in [1.54, 1.807) is 12.1 Å². The van der Waals surface area contributed by atoms with Crippen LogP contribution >= 0.6 is 0 Å². The van der Waals surface area contributed by atoms with Crippen molar-refractivity contribution in [2.24, 2.45) is 0 Å². The average molecular weight is 181 g/mol. The number of benzene rings is 1. The van der Waals surface area contributed by atoms with E-state index >= 15 is 0 Å². The van der Waals surface area contributed by atoms with E-state index in [-0.39, 0.29) is 4.90 Å². The Morgan fingerprint density at radius 2 is 2.08 bits per heavy atom. The van der Waals surface area contributed by atoms with Crippen LogP contribution in [0.4, 0.5) is 0 Å². The Labute approximate surface area is 71.2 Å². The molecule has 4 heteroatoms. The molecule has 62 valence electrons. The fourth-order valence-corrected chi connectivity index (χ4v) is 1.46. The van der Waals surface area contributed by atoms with Crippen LogP contribution in [0.5, 0.6) is 0 Å². The van der Waals surface area contributed by atoms with E-state index in [0.29, 0.717) is 5.56 Å². The Morgan fingerprint density at radius 1 is 1.42 bits per heavy atom. The quantitative estimate of drug-likeness (QED) is 0.648. The first-order valence-electron chi connectivity index (χ1n) is 3.24. The summed E-state index contributed by atoms with van der Waals surface area (Å²) in [6, 6.07) is 7.81. The van der Waals surface area contributed by atoms with Crippen molar-refractivity contribution in [3.63, 3.8) is 0 Å². The minimum atomic E-state index is -3.19. The van der Waals surface area contributed by atoms with Gasteiger partial charge in [-0.3, -0.25) is 0 Å². The lowest BCUT2D eigenvalue weighted by atomic mass is 10.2. The molecule has 3 nitrogen and oxygen atoms in total. The third-order valence-electron chi connectivity index (χ3n) is 1.39. The van der Waals surface area contributed by atoms with Gasteiger partial charge in [0.05, 0.1) is 16.5 Å². The molecule has 0 amide bonds. The molecule has 0 aromatic heterocycles. The second-order valence-electron chi connectivity index (χ2n) is 2.41. The highest BCUT2D eigenvalue weighted by molar-refractivity contribution is 7.90. The van der Waals surface area contributed by atoms with Gasteiger partial charge in [-0.1, -0.05) is 6.07 Å². The van der Waals surface area contributed by atoms with Crippen molar-refractivity contribution in [1.82, 2.24) is 0 Å². The Balaban J connectivity index is 3.32. The summed E-state index contributed by atoms with van der Waals surface area (Å²) in [6.07, 6.45) is 1.11. The first-order valence-corrected chi connectivity index (χ1v) is 5.13. The van der Waals surface area contributed by atoms with Crippen LogP contribution < -0.4 is 0 Å². The van der Waals surface area contributed by atoms with Gasteiger partial charge in [-0.2, -0.15) is 5.26 Å². The van der Waals surface area contributed by atoms with Gasteiger partial charge in [-0.15, -0.1) is 0 Å². The van der Waals surface area contributed by atoms with E-state index in [4.69, 9.17) is 5.26 Å². The number of nitrogens with zero attached hydrogens (tertiary/aromatic N) is 1. The minimum Gasteiger partial charge on any atom is -0.224 e. The molecular formula is C8H7NO2S. The fourth-order valence-electron chi connectivity index (χ4n) is 0.796. The van der Waals surface area contributed by atoms with Crippen molar-refractivity contribution >= 4 is 9.84 Å². The first kappa shape index (κ1) is 8.75. The molecule has 0 bridgehead atoms. The molecule has 0 aliphatic heterocycles. The van der Waals surface area contributed by atoms with Crippen molar-refractivity contribution in [2.75, 3.05) is 6.26 Å². The molecule has 1 aromatic rings. The zero-order valence-electron chi connectivity index (χ0n) is 6.48. The minimum absolute atomic E-state index is 0.182. The highest BCUT2D eigenvalue weighted by atomic mass is 32.2. The predicted octanol–water partition coefficient (Wildman–Crippen LogP) is 0.962. The zero-order valence-corrected chi connectivity index (χ0v) is 7.30. The van der Waals surface area contributed by atoms with Crippen molar-refractivity contribution in [3.05, 3.63) is 29.8 Å². The Hall–Kier alpha value is -1.34. The molecule has 0 unspecified atom stereocenters. The Bertz CT molecular complexity index is 429. The number of hydrogen-bond donors (Lipinski definition) is 0. The molecule has 0 aliphatic rings. The third-order valence-corrected chi connectivity index (χ3v) is 2.50. The number of rotatable bonds is 1. The average Bonchev–Trinajstić information content (AvgIpc) is 2.03. The SMILES string of the molecule is CS(=O)(=O)c1cccc(C#N)c1. The van der Waals surface area contributed by atoms with Gasteiger partial charge in [0.2, 0.25) is 0 Å². The smallest absolute Gasteiger partial charge is 0.175 e. The van der Waals surface area contributed by atoms with Crippen molar-refractivity contribution < 1.29 is 8.42 Å². The second-order valence-corrected chi connectivity index (χ2v) is 4.43. The summed E-state index contributed by atoms with van der Waals surface area (Å²) in [5.41, 5.74) is 0.359. The van der Waals surface area contributed by atoms with Crippen LogP contribution in [0.25, 0.3) is 0 Å². The van der Waals surface area contributed by atoms with Crippen LogP contribution in [0.15, 0.2) is 29.2 Å². The maximum Gasteiger partial charge on any atom is 0.175 e. The van der Waals surface area contributed by atoms with E-state index in [9.17, 15) is 8.42 Å². The summed E-state index contributed by atoms with van der Waals surface area (Å²) in [5, 5.41) is 8.48. The Kier molecular flexibility index (Phi) is 2.15. The molecule has 1 rings (SSSR count). The summed E-state index contributed by atoms with van der Waals surface area (Å²) in [7, 11) is -3.19. The molecule has 0 aliphatic carbocycles. The van der Waals surface area contributed by atoms with Crippen LogP contribution in [-0.4, -0.2) is 14.7 Å². The molecule has 0 fully saturated rings. The second kappa shape index (κ2) is 2.95. The topological polar surface area (TPSA) is 57.9 Å². The van der Waals surface area contributed by atoms with Crippen LogP contribution in [0.3, 0.4) is 0 Å². The third kappa shape index (κ3) is 1.83. The van der Waals surface area contributed by atoms with Crippen LogP contribution in [0.2, 0.25) is 0 Å². The van der Waals surface area contributed by atoms with Crippen LogP contribution in [0.1, 0.15) is 5.56 Å². The monoisotopic (exact) mass is 181 g/mol. The van der Waals surface area contributed by atoms with Gasteiger partial charge >= 0.3 is 0 Å². The number of sulfone groups is 1. The highest BCUT2D eigenvalue weighted by Crippen LogP contribution is 2.09. The predicted molar refractivity (Wildman–Crippen MR) is 44.3 cm³/mol. The van der Waals surface area contributed by atoms with Crippen molar-refractivity contribution in [3.8, 4) is 6.07 Å². The lowest BCUT2D eigenvalue weighted by Crippen LogP contribution is -1.96. The van der Waals surface area contributed by atoms with E-state index in [1.807, 2.05) is 6.07 Å². The van der Waals surface area contributed by atoms with E-state index in [0.717, 1.165) is 6.26 Å². The summed E-state index contributed by atoms with van der Waals surface area (Å²) in [6.45, 7) is 0. The fraction of sp³-hybridized carbons (Fsp3) is 0.125. The Morgan fingerprint density at radius 3 is 2.58 bits per heavy atom. The molecule has 12 heavy (non-hydrogen) atoms. The summed E-state index contributed by atoms with van der Waals surface area (Å²) >= 11 is 0. The number of hydrogen-bond acceptors (Lipinski definition) is 3. The van der Waals surface area contributed by atoms with Gasteiger partial charge in [0.15, 0.2) is 9.84 Å². The lowest BCUT2D eigenvalue weighted by Gasteiger charge is -1.96. The molecule has 0 saturated carbocycles. The molecule has 0 N–H and O–H groups in total. The lowest BCUT2D eigenvalue weighted by molar-refractivity contribution is 0.602. The largest absolute Gasteiger partial charge is 0.224 e. The molecule has 0 heterocycles. The maximum absolute atomic E-state index is 11.0. The van der Waals surface area contributed by atoms with Crippen LogP contribution in [-0.2, 0) is 9.84 Å². The van der Waals surface area contributed by atoms with Crippen LogP contribution in [0, 0.1) is 11.3 Å². The maximum atomic E-state index is 11.0. The molecule has 0 radical (unpaired) electrons. The molecule has 0 spiro atoms. The van der Waals surface area contributed by atoms with Gasteiger partial charge < -0.3 is 0 Å². The van der Waals surface area contributed by atoms with E-state index < -0.39 is 9.84 Å². The van der Waals surface area contributed by atoms with Gasteiger partial charge in [-0.05, 0) is 18.2 Å². The molecular weight excluding hydrogens is 174 g/mol. The first-order chi connectivity index (χ1) is 5.54. The van der Waals surface area contributed by atoms with Gasteiger partial charge in [0, 0.05) is 6.26 Å². The summed E-state index contributed by atoms with van der Waals surface area (Å²) in [5.74, 6) is 0. The number of nitriles is 1. The standard InChI is InChI=1S/C8H7NO2S/c1-12(10,11)8-4-2-3-7(5-8)6-9/h2-5H,1H3. The normalized spacial score (nSPS) is 10.7. The summed E-state index contributed by atoms with van der Waals surface area (Å²) < 4.78 is 22.0. The van der Waals surface area contributed by atoms with Gasteiger partial charge in [-0.25, -0.2) is 8.42 Å². The van der Waals surface area contributed by atoms with Crippen molar-refractivity contribution in [1.29, 1.82) is 5.26 Å². The van der Waals surface area contributed by atoms with E-state index in [2.05, 4.69) is 0 Å². The van der Waals surface area contributed by atoms with Gasteiger partial charge in [0.25, 0.3) is 0 Å².